The third kappa shape index (κ3) is 2.64. The van der Waals surface area contributed by atoms with Crippen LogP contribution in [0, 0.1) is 5.82 Å². The van der Waals surface area contributed by atoms with Crippen LogP contribution in [-0.2, 0) is 0 Å². The van der Waals surface area contributed by atoms with E-state index in [1.165, 1.54) is 30.6 Å². The highest BCUT2D eigenvalue weighted by molar-refractivity contribution is 5.97. The Morgan fingerprint density at radius 1 is 1.10 bits per heavy atom. The van der Waals surface area contributed by atoms with Crippen LogP contribution in [0.2, 0.25) is 0 Å². The highest BCUT2D eigenvalue weighted by Crippen LogP contribution is 2.23. The predicted octanol–water partition coefficient (Wildman–Crippen LogP) is 3.21. The van der Waals surface area contributed by atoms with Crippen molar-refractivity contribution in [2.45, 2.75) is 0 Å². The van der Waals surface area contributed by atoms with E-state index in [9.17, 15) is 9.18 Å². The summed E-state index contributed by atoms with van der Waals surface area (Å²) in [5.41, 5.74) is 1.36. The number of aromatic nitrogens is 2. The lowest BCUT2D eigenvalue weighted by molar-refractivity contribution is 0.0697. The molecule has 0 atom stereocenters. The second-order valence-corrected chi connectivity index (χ2v) is 4.39. The number of aromatic carboxylic acids is 1. The average Bonchev–Trinajstić information content (AvgIpc) is 2.49. The molecular weight excluding hydrogens is 273 g/mol. The molecule has 21 heavy (non-hydrogen) atoms. The Morgan fingerprint density at radius 2 is 1.86 bits per heavy atom. The van der Waals surface area contributed by atoms with Crippen LogP contribution >= 0.6 is 0 Å². The lowest BCUT2D eigenvalue weighted by Gasteiger charge is -2.08. The number of hydrogen-bond donors (Lipinski definition) is 2. The van der Waals surface area contributed by atoms with Crippen molar-refractivity contribution in [2.75, 3.05) is 5.32 Å². The highest BCUT2D eigenvalue weighted by Gasteiger charge is 2.08. The SMILES string of the molecule is O=C(O)c1ccc2c(Nc3ccc(F)cc3)ncnc2c1. The van der Waals surface area contributed by atoms with E-state index in [-0.39, 0.29) is 11.4 Å². The molecule has 0 fully saturated rings. The van der Waals surface area contributed by atoms with Gasteiger partial charge < -0.3 is 10.4 Å². The van der Waals surface area contributed by atoms with E-state index in [0.717, 1.165) is 0 Å². The Labute approximate surface area is 119 Å². The molecule has 2 aromatic carbocycles. The Bertz CT molecular complexity index is 819. The number of nitrogens with one attached hydrogen (secondary N) is 1. The van der Waals surface area contributed by atoms with Gasteiger partial charge in [0.1, 0.15) is 18.0 Å². The molecule has 2 N–H and O–H groups in total. The van der Waals surface area contributed by atoms with Crippen LogP contribution in [-0.4, -0.2) is 21.0 Å². The Morgan fingerprint density at radius 3 is 2.57 bits per heavy atom. The number of nitrogens with zero attached hydrogens (tertiary/aromatic N) is 2. The van der Waals surface area contributed by atoms with Gasteiger partial charge in [-0.15, -0.1) is 0 Å². The zero-order valence-electron chi connectivity index (χ0n) is 10.7. The van der Waals surface area contributed by atoms with Gasteiger partial charge in [0, 0.05) is 11.1 Å². The number of carboxylic acids is 1. The van der Waals surface area contributed by atoms with Crippen molar-refractivity contribution in [3.05, 3.63) is 60.2 Å². The third-order valence-corrected chi connectivity index (χ3v) is 2.99. The van der Waals surface area contributed by atoms with Gasteiger partial charge in [0.2, 0.25) is 0 Å². The number of hydrogen-bond acceptors (Lipinski definition) is 4. The minimum atomic E-state index is -1.01. The van der Waals surface area contributed by atoms with Crippen LogP contribution in [0.3, 0.4) is 0 Å². The van der Waals surface area contributed by atoms with Crippen LogP contribution in [0.1, 0.15) is 10.4 Å². The van der Waals surface area contributed by atoms with Gasteiger partial charge in [0.25, 0.3) is 0 Å². The van der Waals surface area contributed by atoms with E-state index in [0.29, 0.717) is 22.4 Å². The van der Waals surface area contributed by atoms with E-state index < -0.39 is 5.97 Å². The first kappa shape index (κ1) is 13.0. The summed E-state index contributed by atoms with van der Waals surface area (Å²) < 4.78 is 12.9. The van der Waals surface area contributed by atoms with Gasteiger partial charge >= 0.3 is 5.97 Å². The molecule has 0 saturated carbocycles. The first-order chi connectivity index (χ1) is 10.1. The molecule has 1 aromatic heterocycles. The fourth-order valence-electron chi connectivity index (χ4n) is 1.96. The summed E-state index contributed by atoms with van der Waals surface area (Å²) in [6.07, 6.45) is 1.35. The first-order valence-electron chi connectivity index (χ1n) is 6.14. The van der Waals surface area contributed by atoms with Crippen LogP contribution in [0.5, 0.6) is 0 Å². The number of halogens is 1. The second kappa shape index (κ2) is 5.16. The minimum absolute atomic E-state index is 0.161. The number of carboxylic acid groups (broad SMARTS) is 1. The number of rotatable bonds is 3. The smallest absolute Gasteiger partial charge is 0.335 e. The van der Waals surface area contributed by atoms with Crippen molar-refractivity contribution in [3.8, 4) is 0 Å². The summed E-state index contributed by atoms with van der Waals surface area (Å²) in [4.78, 5) is 19.2. The molecule has 0 saturated heterocycles. The highest BCUT2D eigenvalue weighted by atomic mass is 19.1. The van der Waals surface area contributed by atoms with Gasteiger partial charge in [-0.2, -0.15) is 0 Å². The van der Waals surface area contributed by atoms with Crippen LogP contribution < -0.4 is 5.32 Å². The Hall–Kier alpha value is -3.02. The van der Waals surface area contributed by atoms with Crippen molar-refractivity contribution in [1.29, 1.82) is 0 Å². The summed E-state index contributed by atoms with van der Waals surface area (Å²) in [6.45, 7) is 0. The van der Waals surface area contributed by atoms with E-state index >= 15 is 0 Å². The molecule has 0 unspecified atom stereocenters. The van der Waals surface area contributed by atoms with Gasteiger partial charge in [0.15, 0.2) is 0 Å². The van der Waals surface area contributed by atoms with Crippen molar-refractivity contribution in [3.63, 3.8) is 0 Å². The van der Waals surface area contributed by atoms with Gasteiger partial charge in [-0.3, -0.25) is 0 Å². The summed E-state index contributed by atoms with van der Waals surface area (Å²) in [6, 6.07) is 10.5. The zero-order valence-corrected chi connectivity index (χ0v) is 10.7. The first-order valence-corrected chi connectivity index (χ1v) is 6.14. The number of anilines is 2. The normalized spacial score (nSPS) is 10.5. The fraction of sp³-hybridized carbons (Fsp3) is 0. The molecule has 0 radical (unpaired) electrons. The monoisotopic (exact) mass is 283 g/mol. The van der Waals surface area contributed by atoms with Crippen molar-refractivity contribution in [2.24, 2.45) is 0 Å². The molecule has 0 amide bonds. The molecule has 5 nitrogen and oxygen atoms in total. The van der Waals surface area contributed by atoms with E-state index in [4.69, 9.17) is 5.11 Å². The maximum absolute atomic E-state index is 12.9. The third-order valence-electron chi connectivity index (χ3n) is 2.99. The molecule has 104 valence electrons. The maximum atomic E-state index is 12.9. The van der Waals surface area contributed by atoms with Crippen LogP contribution in [0.25, 0.3) is 10.9 Å². The number of carbonyl (C=O) groups is 1. The second-order valence-electron chi connectivity index (χ2n) is 4.39. The topological polar surface area (TPSA) is 75.1 Å². The quantitative estimate of drug-likeness (QED) is 0.772. The summed E-state index contributed by atoms with van der Waals surface area (Å²) in [7, 11) is 0. The molecule has 0 aliphatic carbocycles. The van der Waals surface area contributed by atoms with Gasteiger partial charge in [-0.05, 0) is 42.5 Å². The molecule has 3 rings (SSSR count). The standard InChI is InChI=1S/C15H10FN3O2/c16-10-2-4-11(5-3-10)19-14-12-6-1-9(15(20)21)7-13(12)17-8-18-14/h1-8H,(H,20,21)(H,17,18,19). The molecule has 0 bridgehead atoms. The molecular formula is C15H10FN3O2. The van der Waals surface area contributed by atoms with Crippen molar-refractivity contribution in [1.82, 2.24) is 9.97 Å². The summed E-state index contributed by atoms with van der Waals surface area (Å²) >= 11 is 0. The van der Waals surface area contributed by atoms with Gasteiger partial charge in [0.05, 0.1) is 11.1 Å². The molecule has 3 aromatic rings. The predicted molar refractivity (Wildman–Crippen MR) is 76.2 cm³/mol. The molecule has 0 aliphatic heterocycles. The summed E-state index contributed by atoms with van der Waals surface area (Å²) in [5.74, 6) is -0.800. The number of fused-ring (bicyclic) bond motifs is 1. The van der Waals surface area contributed by atoms with Crippen LogP contribution in [0.4, 0.5) is 15.9 Å². The fourth-order valence-corrected chi connectivity index (χ4v) is 1.96. The minimum Gasteiger partial charge on any atom is -0.478 e. The molecule has 0 spiro atoms. The summed E-state index contributed by atoms with van der Waals surface area (Å²) in [5, 5.41) is 12.7. The molecule has 0 aliphatic rings. The van der Waals surface area contributed by atoms with Gasteiger partial charge in [-0.1, -0.05) is 0 Å². The van der Waals surface area contributed by atoms with E-state index in [1.807, 2.05) is 0 Å². The number of benzene rings is 2. The Balaban J connectivity index is 2.02. The van der Waals surface area contributed by atoms with Crippen molar-refractivity contribution >= 4 is 28.4 Å². The lowest BCUT2D eigenvalue weighted by Crippen LogP contribution is -1.99. The molecule has 1 heterocycles. The largest absolute Gasteiger partial charge is 0.478 e. The average molecular weight is 283 g/mol. The Kier molecular flexibility index (Phi) is 3.19. The lowest BCUT2D eigenvalue weighted by atomic mass is 10.1. The van der Waals surface area contributed by atoms with E-state index in [1.54, 1.807) is 18.2 Å². The van der Waals surface area contributed by atoms with E-state index in [2.05, 4.69) is 15.3 Å². The zero-order chi connectivity index (χ0) is 14.8. The van der Waals surface area contributed by atoms with Crippen LogP contribution in [0.15, 0.2) is 48.8 Å². The van der Waals surface area contributed by atoms with Crippen molar-refractivity contribution < 1.29 is 14.3 Å². The maximum Gasteiger partial charge on any atom is 0.335 e. The molecule has 6 heteroatoms. The van der Waals surface area contributed by atoms with Gasteiger partial charge in [-0.25, -0.2) is 19.2 Å².